The van der Waals surface area contributed by atoms with Crippen LogP contribution >= 0.6 is 0 Å². The molecule has 1 heterocycles. The van der Waals surface area contributed by atoms with Gasteiger partial charge in [0, 0.05) is 18.2 Å². The fraction of sp³-hybridized carbons (Fsp3) is 0.533. The van der Waals surface area contributed by atoms with Gasteiger partial charge in [-0.2, -0.15) is 0 Å². The molecule has 3 heteroatoms. The van der Waals surface area contributed by atoms with Crippen LogP contribution in [0.5, 0.6) is 0 Å². The van der Waals surface area contributed by atoms with E-state index in [0.717, 1.165) is 23.6 Å². The zero-order chi connectivity index (χ0) is 12.7. The monoisotopic (exact) mass is 246 g/mol. The number of rotatable bonds is 1. The van der Waals surface area contributed by atoms with Gasteiger partial charge >= 0.3 is 0 Å². The molecule has 0 spiro atoms. The molecule has 2 nitrogen and oxygen atoms in total. The quantitative estimate of drug-likeness (QED) is 0.806. The number of halogens is 1. The van der Waals surface area contributed by atoms with Crippen LogP contribution < -0.4 is 0 Å². The topological polar surface area (TPSA) is 27.1 Å². The van der Waals surface area contributed by atoms with Crippen LogP contribution in [0.2, 0.25) is 0 Å². The van der Waals surface area contributed by atoms with E-state index in [1.54, 1.807) is 0 Å². The van der Waals surface area contributed by atoms with E-state index in [2.05, 4.69) is 11.8 Å². The van der Waals surface area contributed by atoms with Gasteiger partial charge in [-0.15, -0.1) is 0 Å². The second-order valence-corrected chi connectivity index (χ2v) is 5.69. The molecule has 0 aromatic heterocycles. The normalized spacial score (nSPS) is 27.4. The van der Waals surface area contributed by atoms with Gasteiger partial charge in [-0.25, -0.2) is 4.39 Å². The van der Waals surface area contributed by atoms with Crippen molar-refractivity contribution < 1.29 is 4.39 Å². The summed E-state index contributed by atoms with van der Waals surface area (Å²) in [5, 5.41) is 8.23. The van der Waals surface area contributed by atoms with Crippen molar-refractivity contribution in [1.82, 2.24) is 4.90 Å². The lowest BCUT2D eigenvalue weighted by molar-refractivity contribution is 0.213. The third kappa shape index (κ3) is 1.92. The maximum absolute atomic E-state index is 13.2. The third-order valence-corrected chi connectivity index (χ3v) is 4.38. The van der Waals surface area contributed by atoms with Crippen LogP contribution in [0.25, 0.3) is 0 Å². The Bertz CT molecular complexity index is 475. The Morgan fingerprint density at radius 1 is 1.22 bits per heavy atom. The van der Waals surface area contributed by atoms with E-state index in [-0.39, 0.29) is 5.82 Å². The van der Waals surface area contributed by atoms with Gasteiger partial charge in [-0.3, -0.25) is 5.41 Å². The highest BCUT2D eigenvalue weighted by molar-refractivity contribution is 6.00. The number of hydrogen-bond donors (Lipinski definition) is 1. The Labute approximate surface area is 107 Å². The lowest BCUT2D eigenvalue weighted by Crippen LogP contribution is -2.38. The van der Waals surface area contributed by atoms with Crippen molar-refractivity contribution in [1.29, 1.82) is 5.41 Å². The van der Waals surface area contributed by atoms with E-state index >= 15 is 0 Å². The molecule has 2 aliphatic rings. The molecule has 96 valence electrons. The van der Waals surface area contributed by atoms with Crippen molar-refractivity contribution >= 4 is 5.84 Å². The van der Waals surface area contributed by atoms with E-state index in [1.165, 1.54) is 37.8 Å². The van der Waals surface area contributed by atoms with Gasteiger partial charge in [-0.05, 0) is 49.3 Å². The molecule has 0 bridgehead atoms. The van der Waals surface area contributed by atoms with Crippen LogP contribution in [0.4, 0.5) is 4.39 Å². The third-order valence-electron chi connectivity index (χ3n) is 4.38. The average Bonchev–Trinajstić information content (AvgIpc) is 2.68. The summed E-state index contributed by atoms with van der Waals surface area (Å²) in [7, 11) is 0. The molecule has 0 radical (unpaired) electrons. The minimum Gasteiger partial charge on any atom is -0.349 e. The molecule has 0 saturated heterocycles. The van der Waals surface area contributed by atoms with Gasteiger partial charge < -0.3 is 4.90 Å². The summed E-state index contributed by atoms with van der Waals surface area (Å²) in [6, 6.07) is 5.30. The highest BCUT2D eigenvalue weighted by Gasteiger charge is 2.31. The number of hydrogen-bond acceptors (Lipinski definition) is 1. The van der Waals surface area contributed by atoms with Crippen molar-refractivity contribution in [2.24, 2.45) is 5.92 Å². The summed E-state index contributed by atoms with van der Waals surface area (Å²) in [5.74, 6) is 1.10. The molecule has 1 fully saturated rings. The summed E-state index contributed by atoms with van der Waals surface area (Å²) in [5.41, 5.74) is 1.88. The lowest BCUT2D eigenvalue weighted by atomic mass is 9.86. The molecule has 1 saturated carbocycles. The van der Waals surface area contributed by atoms with Gasteiger partial charge in [-0.1, -0.05) is 13.0 Å². The second-order valence-electron chi connectivity index (χ2n) is 5.69. The lowest BCUT2D eigenvalue weighted by Gasteiger charge is -2.34. The second kappa shape index (κ2) is 4.38. The summed E-state index contributed by atoms with van der Waals surface area (Å²) in [6.45, 7) is 3.09. The van der Waals surface area contributed by atoms with E-state index < -0.39 is 0 Å². The zero-order valence-corrected chi connectivity index (χ0v) is 10.7. The summed E-state index contributed by atoms with van der Waals surface area (Å²) in [6.07, 6.45) is 4.83. The average molecular weight is 246 g/mol. The van der Waals surface area contributed by atoms with E-state index in [1.807, 2.05) is 6.07 Å². The number of fused-ring (bicyclic) bond motifs is 1. The van der Waals surface area contributed by atoms with E-state index in [4.69, 9.17) is 5.41 Å². The van der Waals surface area contributed by atoms with Crippen LogP contribution in [0.1, 0.15) is 43.7 Å². The fourth-order valence-electron chi connectivity index (χ4n) is 3.19. The Kier molecular flexibility index (Phi) is 2.84. The highest BCUT2D eigenvalue weighted by Crippen LogP contribution is 2.32. The Morgan fingerprint density at radius 2 is 1.94 bits per heavy atom. The van der Waals surface area contributed by atoms with Gasteiger partial charge in [0.25, 0.3) is 0 Å². The molecule has 3 rings (SSSR count). The van der Waals surface area contributed by atoms with Crippen LogP contribution in [-0.4, -0.2) is 16.8 Å². The van der Waals surface area contributed by atoms with Crippen molar-refractivity contribution in [3.63, 3.8) is 0 Å². The first-order chi connectivity index (χ1) is 8.65. The molecule has 1 aromatic rings. The van der Waals surface area contributed by atoms with Gasteiger partial charge in [0.2, 0.25) is 0 Å². The molecule has 0 unspecified atom stereocenters. The van der Waals surface area contributed by atoms with Crippen molar-refractivity contribution in [2.75, 3.05) is 0 Å². The van der Waals surface area contributed by atoms with Crippen molar-refractivity contribution in [2.45, 2.75) is 45.2 Å². The van der Waals surface area contributed by atoms with Crippen molar-refractivity contribution in [3.05, 3.63) is 35.1 Å². The van der Waals surface area contributed by atoms with E-state index in [0.29, 0.717) is 11.9 Å². The van der Waals surface area contributed by atoms with Gasteiger partial charge in [0.05, 0.1) is 0 Å². The number of amidine groups is 1. The highest BCUT2D eigenvalue weighted by atomic mass is 19.1. The summed E-state index contributed by atoms with van der Waals surface area (Å²) >= 11 is 0. The molecule has 1 aliphatic heterocycles. The van der Waals surface area contributed by atoms with Crippen LogP contribution in [0.15, 0.2) is 18.2 Å². The number of nitrogens with zero attached hydrogens (tertiary/aromatic N) is 1. The van der Waals surface area contributed by atoms with Gasteiger partial charge in [0.15, 0.2) is 0 Å². The standard InChI is InChI=1S/C15H19FN2/c1-10-2-6-13(7-3-10)18-9-11-4-5-12(16)8-14(11)15(18)17/h4-5,8,10,13,17H,2-3,6-7,9H2,1H3. The molecule has 0 amide bonds. The maximum atomic E-state index is 13.2. The minimum atomic E-state index is -0.238. The maximum Gasteiger partial charge on any atom is 0.129 e. The predicted molar refractivity (Wildman–Crippen MR) is 70.2 cm³/mol. The molecule has 1 aliphatic carbocycles. The zero-order valence-electron chi connectivity index (χ0n) is 10.7. The fourth-order valence-corrected chi connectivity index (χ4v) is 3.19. The first-order valence-corrected chi connectivity index (χ1v) is 6.79. The van der Waals surface area contributed by atoms with Crippen LogP contribution in [0.3, 0.4) is 0 Å². The minimum absolute atomic E-state index is 0.238. The first kappa shape index (κ1) is 11.7. The molecular weight excluding hydrogens is 227 g/mol. The van der Waals surface area contributed by atoms with E-state index in [9.17, 15) is 4.39 Å². The molecule has 0 atom stereocenters. The van der Waals surface area contributed by atoms with Crippen LogP contribution in [-0.2, 0) is 6.54 Å². The Morgan fingerprint density at radius 3 is 2.67 bits per heavy atom. The molecule has 1 N–H and O–H groups in total. The largest absolute Gasteiger partial charge is 0.349 e. The van der Waals surface area contributed by atoms with Crippen LogP contribution in [0, 0.1) is 17.1 Å². The smallest absolute Gasteiger partial charge is 0.129 e. The number of benzene rings is 1. The Hall–Kier alpha value is -1.38. The van der Waals surface area contributed by atoms with Gasteiger partial charge in [0.1, 0.15) is 11.7 Å². The first-order valence-electron chi connectivity index (χ1n) is 6.79. The molecule has 1 aromatic carbocycles. The SMILES string of the molecule is CC1CCC(N2Cc3ccc(F)cc3C2=N)CC1. The number of nitrogens with one attached hydrogen (secondary N) is 1. The Balaban J connectivity index is 1.80. The molecular formula is C15H19FN2. The molecule has 18 heavy (non-hydrogen) atoms. The summed E-state index contributed by atoms with van der Waals surface area (Å²) in [4.78, 5) is 2.16. The predicted octanol–water partition coefficient (Wildman–Crippen LogP) is 3.55. The van der Waals surface area contributed by atoms with Crippen molar-refractivity contribution in [3.8, 4) is 0 Å². The summed E-state index contributed by atoms with van der Waals surface area (Å²) < 4.78 is 13.2.